The van der Waals surface area contributed by atoms with E-state index in [1.165, 1.54) is 18.1 Å². The van der Waals surface area contributed by atoms with Gasteiger partial charge in [0.2, 0.25) is 5.91 Å². The van der Waals surface area contributed by atoms with E-state index in [1.54, 1.807) is 0 Å². The minimum atomic E-state index is -4.44. The minimum Gasteiger partial charge on any atom is -0.382 e. The predicted octanol–water partition coefficient (Wildman–Crippen LogP) is 1.55. The minimum absolute atomic E-state index is 0.0257. The molecule has 2 heterocycles. The number of benzene rings is 1. The molecule has 2 aliphatic rings. The molecular weight excluding hydrogens is 367 g/mol. The van der Waals surface area contributed by atoms with Gasteiger partial charge in [0.1, 0.15) is 5.54 Å². The van der Waals surface area contributed by atoms with E-state index >= 15 is 0 Å². The first kappa shape index (κ1) is 19.2. The van der Waals surface area contributed by atoms with Crippen LogP contribution in [0.15, 0.2) is 18.2 Å². The molecule has 1 aromatic carbocycles. The highest BCUT2D eigenvalue weighted by atomic mass is 19.4. The second-order valence-corrected chi connectivity index (χ2v) is 6.65. The Bertz CT molecular complexity index is 796. The summed E-state index contributed by atoms with van der Waals surface area (Å²) >= 11 is 0. The summed E-state index contributed by atoms with van der Waals surface area (Å²) in [6, 6.07) is 2.78. The normalized spacial score (nSPS) is 21.9. The third-order valence-corrected chi connectivity index (χ3v) is 4.78. The van der Waals surface area contributed by atoms with Crippen LogP contribution in [0.3, 0.4) is 0 Å². The van der Waals surface area contributed by atoms with Crippen LogP contribution in [0.2, 0.25) is 0 Å². The Hall–Kier alpha value is -2.62. The number of carbonyl (C=O) groups excluding carboxylic acids is 3. The molecule has 2 aliphatic heterocycles. The molecule has 3 rings (SSSR count). The van der Waals surface area contributed by atoms with E-state index in [4.69, 9.17) is 4.74 Å². The summed E-state index contributed by atoms with van der Waals surface area (Å²) in [4.78, 5) is 37.4. The van der Waals surface area contributed by atoms with E-state index in [0.717, 1.165) is 12.1 Å². The fraction of sp³-hybridized carbons (Fsp3) is 0.471. The number of alkyl halides is 3. The number of nitrogens with one attached hydrogen (secondary N) is 2. The number of hydrogen-bond acceptors (Lipinski definition) is 4. The highest BCUT2D eigenvalue weighted by Crippen LogP contribution is 2.33. The van der Waals surface area contributed by atoms with E-state index in [0.29, 0.717) is 11.1 Å². The number of nitrogens with zero attached hydrogens (tertiary/aromatic N) is 1. The van der Waals surface area contributed by atoms with Crippen molar-refractivity contribution in [2.24, 2.45) is 0 Å². The maximum atomic E-state index is 12.8. The number of hydrogen-bond donors (Lipinski definition) is 2. The van der Waals surface area contributed by atoms with Gasteiger partial charge in [-0.3, -0.25) is 14.9 Å². The number of amides is 4. The maximum Gasteiger partial charge on any atom is 0.416 e. The molecule has 0 aromatic heterocycles. The zero-order chi connectivity index (χ0) is 19.8. The molecule has 146 valence electrons. The fourth-order valence-electron chi connectivity index (χ4n) is 3.35. The van der Waals surface area contributed by atoms with E-state index in [1.807, 2.05) is 0 Å². The zero-order valence-electron chi connectivity index (χ0n) is 14.5. The predicted molar refractivity (Wildman–Crippen MR) is 86.2 cm³/mol. The molecule has 0 unspecified atom stereocenters. The van der Waals surface area contributed by atoms with Crippen molar-refractivity contribution >= 4 is 17.8 Å². The second-order valence-electron chi connectivity index (χ2n) is 6.65. The van der Waals surface area contributed by atoms with Crippen LogP contribution in [-0.2, 0) is 33.6 Å². The molecule has 1 atom stereocenters. The van der Waals surface area contributed by atoms with Crippen LogP contribution >= 0.6 is 0 Å². The van der Waals surface area contributed by atoms with Gasteiger partial charge in [0.25, 0.3) is 5.91 Å². The van der Waals surface area contributed by atoms with Gasteiger partial charge in [0, 0.05) is 26.6 Å². The monoisotopic (exact) mass is 385 g/mol. The number of imide groups is 1. The Morgan fingerprint density at radius 1 is 1.26 bits per heavy atom. The average Bonchev–Trinajstić information content (AvgIpc) is 3.12. The maximum absolute atomic E-state index is 12.8. The number of rotatable bonds is 5. The van der Waals surface area contributed by atoms with Gasteiger partial charge in [-0.25, -0.2) is 4.79 Å². The Kier molecular flexibility index (Phi) is 4.85. The van der Waals surface area contributed by atoms with Crippen molar-refractivity contribution in [2.45, 2.75) is 37.6 Å². The summed E-state index contributed by atoms with van der Waals surface area (Å²) in [6.45, 7) is 0.197. The van der Waals surface area contributed by atoms with Gasteiger partial charge in [-0.15, -0.1) is 0 Å². The van der Waals surface area contributed by atoms with Crippen LogP contribution in [0, 0.1) is 0 Å². The lowest BCUT2D eigenvalue weighted by molar-refractivity contribution is -0.137. The van der Waals surface area contributed by atoms with Crippen molar-refractivity contribution in [3.05, 3.63) is 34.9 Å². The molecule has 1 fully saturated rings. The summed E-state index contributed by atoms with van der Waals surface area (Å²) in [5.41, 5.74) is -0.955. The average molecular weight is 385 g/mol. The number of ether oxygens (including phenoxy) is 1. The first-order valence-electron chi connectivity index (χ1n) is 8.24. The molecule has 0 radical (unpaired) electrons. The topological polar surface area (TPSA) is 87.7 Å². The van der Waals surface area contributed by atoms with Crippen molar-refractivity contribution in [3.8, 4) is 0 Å². The van der Waals surface area contributed by atoms with Gasteiger partial charge in [0.05, 0.1) is 12.2 Å². The van der Waals surface area contributed by atoms with Crippen molar-refractivity contribution in [2.75, 3.05) is 13.7 Å². The molecule has 1 saturated heterocycles. The molecule has 0 saturated carbocycles. The van der Waals surface area contributed by atoms with E-state index < -0.39 is 29.2 Å². The van der Waals surface area contributed by atoms with Crippen LogP contribution < -0.4 is 10.6 Å². The second kappa shape index (κ2) is 6.84. The van der Waals surface area contributed by atoms with E-state index in [9.17, 15) is 27.6 Å². The van der Waals surface area contributed by atoms with Gasteiger partial charge in [-0.05, 0) is 29.7 Å². The van der Waals surface area contributed by atoms with Gasteiger partial charge in [-0.2, -0.15) is 13.2 Å². The number of carbonyl (C=O) groups is 3. The SMILES string of the molecule is COC[C@]1(CCC(=O)N2Cc3ccc(C(F)(F)F)cc3C2)NC(=O)NC1=O. The molecular formula is C17H18F3N3O4. The highest BCUT2D eigenvalue weighted by molar-refractivity contribution is 6.07. The van der Waals surface area contributed by atoms with Crippen LogP contribution in [0.5, 0.6) is 0 Å². The molecule has 0 spiro atoms. The van der Waals surface area contributed by atoms with E-state index in [-0.39, 0.29) is 38.4 Å². The molecule has 27 heavy (non-hydrogen) atoms. The number of fused-ring (bicyclic) bond motifs is 1. The standard InChI is InChI=1S/C17H18F3N3O4/c1-27-9-16(14(25)21-15(26)22-16)5-4-13(24)23-7-10-2-3-12(17(18,19)20)6-11(10)8-23/h2-3,6H,4-5,7-9H2,1H3,(H2,21,22,25,26)/t16-/m0/s1. The third kappa shape index (κ3) is 3.75. The van der Waals surface area contributed by atoms with Gasteiger partial charge in [0.15, 0.2) is 0 Å². The largest absolute Gasteiger partial charge is 0.416 e. The Labute approximate surface area is 152 Å². The Morgan fingerprint density at radius 3 is 2.56 bits per heavy atom. The van der Waals surface area contributed by atoms with Crippen LogP contribution in [0.4, 0.5) is 18.0 Å². The molecule has 1 aromatic rings. The lowest BCUT2D eigenvalue weighted by atomic mass is 9.94. The highest BCUT2D eigenvalue weighted by Gasteiger charge is 2.46. The molecule has 10 heteroatoms. The first-order chi connectivity index (χ1) is 12.6. The number of urea groups is 1. The Morgan fingerprint density at radius 2 is 1.96 bits per heavy atom. The number of methoxy groups -OCH3 is 1. The summed E-state index contributed by atoms with van der Waals surface area (Å²) in [5, 5.41) is 4.60. The summed E-state index contributed by atoms with van der Waals surface area (Å²) < 4.78 is 43.5. The summed E-state index contributed by atoms with van der Waals surface area (Å²) in [6.07, 6.45) is -4.47. The molecule has 0 bridgehead atoms. The molecule has 4 amide bonds. The third-order valence-electron chi connectivity index (χ3n) is 4.78. The van der Waals surface area contributed by atoms with Gasteiger partial charge >= 0.3 is 12.2 Å². The smallest absolute Gasteiger partial charge is 0.382 e. The molecule has 7 nitrogen and oxygen atoms in total. The van der Waals surface area contributed by atoms with Crippen LogP contribution in [0.1, 0.15) is 29.5 Å². The van der Waals surface area contributed by atoms with Gasteiger partial charge < -0.3 is 15.0 Å². The van der Waals surface area contributed by atoms with Gasteiger partial charge in [-0.1, -0.05) is 6.07 Å². The quantitative estimate of drug-likeness (QED) is 0.753. The number of halogens is 3. The van der Waals surface area contributed by atoms with Crippen molar-refractivity contribution in [1.82, 2.24) is 15.5 Å². The lowest BCUT2D eigenvalue weighted by Gasteiger charge is -2.25. The fourth-order valence-corrected chi connectivity index (χ4v) is 3.35. The zero-order valence-corrected chi connectivity index (χ0v) is 14.5. The van der Waals surface area contributed by atoms with Crippen LogP contribution in [0.25, 0.3) is 0 Å². The first-order valence-corrected chi connectivity index (χ1v) is 8.24. The molecule has 0 aliphatic carbocycles. The van der Waals surface area contributed by atoms with Crippen molar-refractivity contribution < 1.29 is 32.3 Å². The lowest BCUT2D eigenvalue weighted by Crippen LogP contribution is -2.51. The van der Waals surface area contributed by atoms with E-state index in [2.05, 4.69) is 10.6 Å². The van der Waals surface area contributed by atoms with Crippen molar-refractivity contribution in [1.29, 1.82) is 0 Å². The van der Waals surface area contributed by atoms with Crippen molar-refractivity contribution in [3.63, 3.8) is 0 Å². The van der Waals surface area contributed by atoms with Crippen LogP contribution in [-0.4, -0.2) is 42.0 Å². The molecule has 2 N–H and O–H groups in total. The Balaban J connectivity index is 1.65. The summed E-state index contributed by atoms with van der Waals surface area (Å²) in [7, 11) is 1.37. The summed E-state index contributed by atoms with van der Waals surface area (Å²) in [5.74, 6) is -0.883.